The van der Waals surface area contributed by atoms with E-state index in [0.717, 1.165) is 18.8 Å². The van der Waals surface area contributed by atoms with Gasteiger partial charge in [-0.2, -0.15) is 0 Å². The maximum atomic E-state index is 12.0. The quantitative estimate of drug-likeness (QED) is 0.698. The van der Waals surface area contributed by atoms with Crippen molar-refractivity contribution in [3.8, 4) is 0 Å². The van der Waals surface area contributed by atoms with Crippen molar-refractivity contribution in [1.29, 1.82) is 0 Å². The molecule has 1 saturated carbocycles. The Morgan fingerprint density at radius 2 is 2.20 bits per heavy atom. The normalized spacial score (nSPS) is 40.7. The molecule has 1 aliphatic heterocycles. The van der Waals surface area contributed by atoms with Crippen LogP contribution < -0.4 is 0 Å². The van der Waals surface area contributed by atoms with Crippen LogP contribution in [0.4, 0.5) is 0 Å². The van der Waals surface area contributed by atoms with E-state index in [1.165, 1.54) is 6.42 Å². The molecule has 1 heterocycles. The van der Waals surface area contributed by atoms with E-state index in [2.05, 4.69) is 6.92 Å². The second-order valence-electron chi connectivity index (χ2n) is 4.98. The summed E-state index contributed by atoms with van der Waals surface area (Å²) in [5.41, 5.74) is 0. The second kappa shape index (κ2) is 4.12. The number of hydrogen-bond acceptors (Lipinski definition) is 2. The molecule has 0 spiro atoms. The third-order valence-electron chi connectivity index (χ3n) is 3.91. The fourth-order valence-corrected chi connectivity index (χ4v) is 3.13. The summed E-state index contributed by atoms with van der Waals surface area (Å²) in [6.45, 7) is 4.97. The van der Waals surface area contributed by atoms with Crippen molar-refractivity contribution in [2.45, 2.75) is 39.3 Å². The van der Waals surface area contributed by atoms with Crippen LogP contribution in [0, 0.1) is 17.8 Å². The molecule has 0 N–H and O–H groups in total. The van der Waals surface area contributed by atoms with Crippen molar-refractivity contribution in [3.63, 3.8) is 0 Å². The van der Waals surface area contributed by atoms with Gasteiger partial charge in [0.1, 0.15) is 6.23 Å². The van der Waals surface area contributed by atoms with Crippen LogP contribution in [0.3, 0.4) is 0 Å². The average molecular weight is 211 g/mol. The van der Waals surface area contributed by atoms with E-state index in [9.17, 15) is 4.79 Å². The van der Waals surface area contributed by atoms with E-state index in [0.29, 0.717) is 18.4 Å². The Morgan fingerprint density at radius 1 is 1.47 bits per heavy atom. The molecule has 0 aromatic heterocycles. The molecule has 4 atom stereocenters. The zero-order valence-electron chi connectivity index (χ0n) is 9.90. The number of carbonyl (C=O) groups excluding carboxylic acids is 1. The Hall–Kier alpha value is -0.570. The highest BCUT2D eigenvalue weighted by Crippen LogP contribution is 2.43. The summed E-state index contributed by atoms with van der Waals surface area (Å²) in [6.07, 6.45) is 3.43. The monoisotopic (exact) mass is 211 g/mol. The first-order valence-corrected chi connectivity index (χ1v) is 6.03. The number of rotatable bonds is 2. The lowest BCUT2D eigenvalue weighted by molar-refractivity contribution is -0.136. The lowest BCUT2D eigenvalue weighted by atomic mass is 9.76. The van der Waals surface area contributed by atoms with Crippen LogP contribution in [0.15, 0.2) is 0 Å². The van der Waals surface area contributed by atoms with E-state index in [4.69, 9.17) is 4.74 Å². The molecule has 0 aromatic rings. The van der Waals surface area contributed by atoms with Crippen molar-refractivity contribution < 1.29 is 9.53 Å². The largest absolute Gasteiger partial charge is 0.358 e. The molecule has 3 heteroatoms. The molecular formula is C12H21NO2. The fraction of sp³-hybridized carbons (Fsp3) is 0.917. The van der Waals surface area contributed by atoms with Gasteiger partial charge in [-0.05, 0) is 32.1 Å². The van der Waals surface area contributed by atoms with Gasteiger partial charge in [-0.3, -0.25) is 4.79 Å². The van der Waals surface area contributed by atoms with Gasteiger partial charge in [0, 0.05) is 25.5 Å². The van der Waals surface area contributed by atoms with E-state index >= 15 is 0 Å². The number of ether oxygens (including phenoxy) is 1. The van der Waals surface area contributed by atoms with Crippen molar-refractivity contribution in [2.24, 2.45) is 17.8 Å². The minimum Gasteiger partial charge on any atom is -0.358 e. The molecule has 1 amide bonds. The molecule has 15 heavy (non-hydrogen) atoms. The van der Waals surface area contributed by atoms with Gasteiger partial charge in [-0.25, -0.2) is 0 Å². The van der Waals surface area contributed by atoms with E-state index in [1.54, 1.807) is 0 Å². The molecule has 0 radical (unpaired) electrons. The van der Waals surface area contributed by atoms with Gasteiger partial charge in [-0.1, -0.05) is 6.92 Å². The Bertz CT molecular complexity index is 254. The lowest BCUT2D eigenvalue weighted by Crippen LogP contribution is -2.34. The van der Waals surface area contributed by atoms with Crippen molar-refractivity contribution >= 4 is 5.91 Å². The standard InChI is InChI=1S/C12H21NO2/c1-4-15-12-10-7-8(2)5-6-9(10)11(14)13(12)3/h8-10,12H,4-7H2,1-3H3/t8-,9+,10-,12+/m0/s1. The minimum atomic E-state index is 0.0373. The first-order chi connectivity index (χ1) is 7.15. The van der Waals surface area contributed by atoms with Crippen molar-refractivity contribution in [1.82, 2.24) is 4.90 Å². The smallest absolute Gasteiger partial charge is 0.227 e. The summed E-state index contributed by atoms with van der Waals surface area (Å²) in [5.74, 6) is 1.72. The lowest BCUT2D eigenvalue weighted by Gasteiger charge is -2.31. The number of hydrogen-bond donors (Lipinski definition) is 0. The number of fused-ring (bicyclic) bond motifs is 1. The number of likely N-dealkylation sites (tertiary alicyclic amines) is 1. The van der Waals surface area contributed by atoms with Gasteiger partial charge in [-0.15, -0.1) is 0 Å². The molecule has 2 rings (SSSR count). The Morgan fingerprint density at radius 3 is 2.87 bits per heavy atom. The molecule has 86 valence electrons. The highest BCUT2D eigenvalue weighted by Gasteiger charge is 2.48. The van der Waals surface area contributed by atoms with Crippen molar-refractivity contribution in [3.05, 3.63) is 0 Å². The molecule has 2 aliphatic rings. The van der Waals surface area contributed by atoms with Gasteiger partial charge in [0.05, 0.1) is 0 Å². The van der Waals surface area contributed by atoms with Gasteiger partial charge >= 0.3 is 0 Å². The van der Waals surface area contributed by atoms with E-state index in [1.807, 2.05) is 18.9 Å². The SMILES string of the molecule is CCO[C@@H]1[C@H]2C[C@@H](C)CC[C@H]2C(=O)N1C. The summed E-state index contributed by atoms with van der Waals surface area (Å²) in [4.78, 5) is 13.8. The first-order valence-electron chi connectivity index (χ1n) is 6.03. The average Bonchev–Trinajstić information content (AvgIpc) is 2.44. The molecule has 3 nitrogen and oxygen atoms in total. The Balaban J connectivity index is 2.14. The van der Waals surface area contributed by atoms with Crippen LogP contribution in [0.2, 0.25) is 0 Å². The van der Waals surface area contributed by atoms with Crippen molar-refractivity contribution in [2.75, 3.05) is 13.7 Å². The predicted octanol–water partition coefficient (Wildman–Crippen LogP) is 1.87. The van der Waals surface area contributed by atoms with E-state index in [-0.39, 0.29) is 12.1 Å². The Kier molecular flexibility index (Phi) is 3.01. The summed E-state index contributed by atoms with van der Waals surface area (Å²) >= 11 is 0. The Labute approximate surface area is 91.8 Å². The highest BCUT2D eigenvalue weighted by molar-refractivity contribution is 5.81. The molecule has 0 bridgehead atoms. The molecule has 2 fully saturated rings. The summed E-state index contributed by atoms with van der Waals surface area (Å²) in [7, 11) is 1.88. The number of carbonyl (C=O) groups is 1. The zero-order valence-corrected chi connectivity index (χ0v) is 9.90. The van der Waals surface area contributed by atoms with Crippen LogP contribution in [0.25, 0.3) is 0 Å². The van der Waals surface area contributed by atoms with Crippen LogP contribution in [-0.4, -0.2) is 30.7 Å². The van der Waals surface area contributed by atoms with Crippen LogP contribution in [0.5, 0.6) is 0 Å². The molecule has 0 aromatic carbocycles. The minimum absolute atomic E-state index is 0.0373. The maximum Gasteiger partial charge on any atom is 0.227 e. The third-order valence-corrected chi connectivity index (χ3v) is 3.91. The number of amides is 1. The fourth-order valence-electron chi connectivity index (χ4n) is 3.13. The molecule has 1 aliphatic carbocycles. The van der Waals surface area contributed by atoms with Gasteiger partial charge in [0.25, 0.3) is 0 Å². The van der Waals surface area contributed by atoms with Crippen LogP contribution in [-0.2, 0) is 9.53 Å². The van der Waals surface area contributed by atoms with Crippen LogP contribution in [0.1, 0.15) is 33.1 Å². The van der Waals surface area contributed by atoms with Gasteiger partial charge < -0.3 is 9.64 Å². The molecule has 0 unspecified atom stereocenters. The summed E-state index contributed by atoms with van der Waals surface area (Å²) < 4.78 is 5.71. The molecular weight excluding hydrogens is 190 g/mol. The number of nitrogens with zero attached hydrogens (tertiary/aromatic N) is 1. The summed E-state index contributed by atoms with van der Waals surface area (Å²) in [6, 6.07) is 0. The van der Waals surface area contributed by atoms with Gasteiger partial charge in [0.2, 0.25) is 5.91 Å². The van der Waals surface area contributed by atoms with Gasteiger partial charge in [0.15, 0.2) is 0 Å². The predicted molar refractivity (Wildman–Crippen MR) is 58.2 cm³/mol. The van der Waals surface area contributed by atoms with E-state index < -0.39 is 0 Å². The van der Waals surface area contributed by atoms with Crippen LogP contribution >= 0.6 is 0 Å². The third kappa shape index (κ3) is 1.78. The topological polar surface area (TPSA) is 29.5 Å². The summed E-state index contributed by atoms with van der Waals surface area (Å²) in [5, 5.41) is 0. The second-order valence-corrected chi connectivity index (χ2v) is 4.98. The highest BCUT2D eigenvalue weighted by atomic mass is 16.5. The maximum absolute atomic E-state index is 12.0. The first kappa shape index (κ1) is 10.9. The molecule has 1 saturated heterocycles. The zero-order chi connectivity index (χ0) is 11.0.